The molecule has 1 aliphatic heterocycles. The third-order valence-corrected chi connectivity index (χ3v) is 7.21. The molecule has 1 aliphatic carbocycles. The Balaban J connectivity index is 1.43. The van der Waals surface area contributed by atoms with Crippen molar-refractivity contribution in [2.24, 2.45) is 11.3 Å². The van der Waals surface area contributed by atoms with Crippen LogP contribution in [0.5, 0.6) is 0 Å². The Bertz CT molecular complexity index is 1370. The molecule has 172 valence electrons. The molecule has 1 N–H and O–H groups in total. The van der Waals surface area contributed by atoms with Gasteiger partial charge in [-0.25, -0.2) is 13.8 Å². The van der Waals surface area contributed by atoms with Crippen molar-refractivity contribution in [2.45, 2.75) is 25.8 Å². The Morgan fingerprint density at radius 1 is 0.941 bits per heavy atom. The van der Waals surface area contributed by atoms with Crippen molar-refractivity contribution < 1.29 is 13.6 Å². The number of Topliss-reactive ketones (excluding diaryl/α,β-unsaturated/α-hetero) is 1. The highest BCUT2D eigenvalue weighted by Crippen LogP contribution is 2.42. The van der Waals surface area contributed by atoms with E-state index in [1.54, 1.807) is 18.2 Å². The van der Waals surface area contributed by atoms with Gasteiger partial charge in [0.25, 0.3) is 0 Å². The number of rotatable bonds is 6. The zero-order chi connectivity index (χ0) is 23.3. The van der Waals surface area contributed by atoms with E-state index < -0.39 is 5.41 Å². The van der Waals surface area contributed by atoms with Gasteiger partial charge >= 0.3 is 0 Å². The SMILES string of the molecule is O=C(C1CC1)[C@@]1(Cn2c(-c3ccc(-c4ccc(F)cc4)cc3)nc3ccc(F)cc32)CCNC1. The number of benzene rings is 3. The summed E-state index contributed by atoms with van der Waals surface area (Å²) in [6.45, 7) is 1.92. The average Bonchev–Trinajstić information content (AvgIpc) is 3.50. The van der Waals surface area contributed by atoms with Gasteiger partial charge in [0, 0.05) is 24.6 Å². The van der Waals surface area contributed by atoms with Gasteiger partial charge in [-0.3, -0.25) is 4.79 Å². The summed E-state index contributed by atoms with van der Waals surface area (Å²) in [7, 11) is 0. The molecule has 2 heterocycles. The fourth-order valence-corrected chi connectivity index (χ4v) is 5.18. The highest BCUT2D eigenvalue weighted by molar-refractivity contribution is 5.90. The van der Waals surface area contributed by atoms with Crippen molar-refractivity contribution in [1.82, 2.24) is 14.9 Å². The minimum atomic E-state index is -0.496. The lowest BCUT2D eigenvalue weighted by Gasteiger charge is -2.28. The summed E-state index contributed by atoms with van der Waals surface area (Å²) >= 11 is 0. The van der Waals surface area contributed by atoms with Crippen LogP contribution in [0.2, 0.25) is 0 Å². The maximum absolute atomic E-state index is 14.3. The maximum atomic E-state index is 14.3. The number of hydrogen-bond acceptors (Lipinski definition) is 3. The van der Waals surface area contributed by atoms with Crippen molar-refractivity contribution in [1.29, 1.82) is 0 Å². The molecule has 4 aromatic rings. The second-order valence-electron chi connectivity index (χ2n) is 9.58. The molecule has 34 heavy (non-hydrogen) atoms. The Morgan fingerprint density at radius 2 is 1.59 bits per heavy atom. The monoisotopic (exact) mass is 457 g/mol. The van der Waals surface area contributed by atoms with Crippen LogP contribution in [0.4, 0.5) is 8.78 Å². The van der Waals surface area contributed by atoms with E-state index in [0.717, 1.165) is 48.3 Å². The molecule has 3 aromatic carbocycles. The van der Waals surface area contributed by atoms with E-state index in [0.29, 0.717) is 29.9 Å². The standard InChI is InChI=1S/C28H25F2N3O/c29-22-9-7-19(8-10-22)18-1-5-21(6-2-18)27-32-24-12-11-23(30)15-25(24)33(27)17-28(13-14-31-16-28)26(34)20-3-4-20/h1-2,5-12,15,20,31H,3-4,13-14,16-17H2/t28-/m0/s1. The second kappa shape index (κ2) is 8.13. The first-order valence-electron chi connectivity index (χ1n) is 11.8. The highest BCUT2D eigenvalue weighted by atomic mass is 19.1. The van der Waals surface area contributed by atoms with Gasteiger partial charge in [-0.15, -0.1) is 0 Å². The van der Waals surface area contributed by atoms with Crippen LogP contribution >= 0.6 is 0 Å². The fourth-order valence-electron chi connectivity index (χ4n) is 5.18. The van der Waals surface area contributed by atoms with Gasteiger partial charge in [-0.2, -0.15) is 0 Å². The minimum Gasteiger partial charge on any atom is -0.323 e. The minimum absolute atomic E-state index is 0.157. The Hall–Kier alpha value is -3.38. The third-order valence-electron chi connectivity index (χ3n) is 7.21. The van der Waals surface area contributed by atoms with E-state index >= 15 is 0 Å². The molecule has 1 aromatic heterocycles. The first kappa shape index (κ1) is 21.2. The van der Waals surface area contributed by atoms with E-state index in [-0.39, 0.29) is 17.6 Å². The second-order valence-corrected chi connectivity index (χ2v) is 9.58. The molecule has 0 radical (unpaired) electrons. The van der Waals surface area contributed by atoms with Gasteiger partial charge in [0.2, 0.25) is 0 Å². The van der Waals surface area contributed by atoms with Crippen LogP contribution in [0.15, 0.2) is 66.7 Å². The normalized spacial score (nSPS) is 20.2. The molecule has 6 heteroatoms. The molecule has 1 saturated carbocycles. The number of nitrogens with zero attached hydrogens (tertiary/aromatic N) is 2. The molecule has 2 fully saturated rings. The first-order chi connectivity index (χ1) is 16.5. The highest BCUT2D eigenvalue weighted by Gasteiger charge is 2.48. The summed E-state index contributed by atoms with van der Waals surface area (Å²) in [6.07, 6.45) is 2.72. The number of carbonyl (C=O) groups excluding carboxylic acids is 1. The molecular formula is C28H25F2N3O. The lowest BCUT2D eigenvalue weighted by Crippen LogP contribution is -2.39. The topological polar surface area (TPSA) is 46.9 Å². The van der Waals surface area contributed by atoms with Crippen LogP contribution in [0.25, 0.3) is 33.5 Å². The average molecular weight is 458 g/mol. The smallest absolute Gasteiger partial charge is 0.145 e. The van der Waals surface area contributed by atoms with Crippen LogP contribution in [0, 0.1) is 23.0 Å². The zero-order valence-electron chi connectivity index (χ0n) is 18.7. The van der Waals surface area contributed by atoms with Crippen molar-refractivity contribution >= 4 is 16.8 Å². The lowest BCUT2D eigenvalue weighted by atomic mass is 9.80. The van der Waals surface area contributed by atoms with Gasteiger partial charge < -0.3 is 9.88 Å². The van der Waals surface area contributed by atoms with Crippen molar-refractivity contribution in [2.75, 3.05) is 13.1 Å². The van der Waals surface area contributed by atoms with Crippen LogP contribution in [0.1, 0.15) is 19.3 Å². The lowest BCUT2D eigenvalue weighted by molar-refractivity contribution is -0.129. The number of carbonyl (C=O) groups is 1. The first-order valence-corrected chi connectivity index (χ1v) is 11.8. The van der Waals surface area contributed by atoms with Gasteiger partial charge in [0.15, 0.2) is 0 Å². The third kappa shape index (κ3) is 3.72. The number of hydrogen-bond donors (Lipinski definition) is 1. The van der Waals surface area contributed by atoms with Gasteiger partial charge in [0.05, 0.1) is 16.4 Å². The maximum Gasteiger partial charge on any atom is 0.145 e. The summed E-state index contributed by atoms with van der Waals surface area (Å²) < 4.78 is 29.6. The molecule has 4 nitrogen and oxygen atoms in total. The predicted molar refractivity (Wildman–Crippen MR) is 128 cm³/mol. The number of fused-ring (bicyclic) bond motifs is 1. The van der Waals surface area contributed by atoms with Crippen molar-refractivity contribution in [3.8, 4) is 22.5 Å². The summed E-state index contributed by atoms with van der Waals surface area (Å²) in [5.74, 6) is 0.621. The number of nitrogens with one attached hydrogen (secondary N) is 1. The summed E-state index contributed by atoms with van der Waals surface area (Å²) in [4.78, 5) is 18.2. The Kier molecular flexibility index (Phi) is 5.06. The molecule has 0 spiro atoms. The quantitative estimate of drug-likeness (QED) is 0.410. The summed E-state index contributed by atoms with van der Waals surface area (Å²) in [6, 6.07) is 18.9. The molecule has 0 unspecified atom stereocenters. The Morgan fingerprint density at radius 3 is 2.24 bits per heavy atom. The van der Waals surface area contributed by atoms with Gasteiger partial charge in [0.1, 0.15) is 23.2 Å². The van der Waals surface area contributed by atoms with Crippen LogP contribution in [0.3, 0.4) is 0 Å². The molecular weight excluding hydrogens is 432 g/mol. The molecule has 0 amide bonds. The molecule has 2 aliphatic rings. The largest absolute Gasteiger partial charge is 0.323 e. The molecule has 6 rings (SSSR count). The van der Waals surface area contributed by atoms with E-state index in [2.05, 4.69) is 5.32 Å². The molecule has 1 atom stereocenters. The Labute approximate surface area is 196 Å². The number of imidazole rings is 1. The van der Waals surface area contributed by atoms with Gasteiger partial charge in [-0.1, -0.05) is 36.4 Å². The predicted octanol–water partition coefficient (Wildman–Crippen LogP) is 5.61. The number of aromatic nitrogens is 2. The summed E-state index contributed by atoms with van der Waals surface area (Å²) in [5.41, 5.74) is 3.70. The van der Waals surface area contributed by atoms with E-state index in [1.807, 2.05) is 28.8 Å². The van der Waals surface area contributed by atoms with E-state index in [9.17, 15) is 13.6 Å². The van der Waals surface area contributed by atoms with E-state index in [1.165, 1.54) is 24.3 Å². The molecule has 0 bridgehead atoms. The fraction of sp³-hybridized carbons (Fsp3) is 0.286. The number of ketones is 1. The van der Waals surface area contributed by atoms with Crippen molar-refractivity contribution in [3.63, 3.8) is 0 Å². The molecule has 1 saturated heterocycles. The van der Waals surface area contributed by atoms with Crippen molar-refractivity contribution in [3.05, 3.63) is 78.4 Å². The van der Waals surface area contributed by atoms with Crippen LogP contribution < -0.4 is 5.32 Å². The zero-order valence-corrected chi connectivity index (χ0v) is 18.7. The van der Waals surface area contributed by atoms with Crippen LogP contribution in [-0.2, 0) is 11.3 Å². The summed E-state index contributed by atoms with van der Waals surface area (Å²) in [5, 5.41) is 3.38. The van der Waals surface area contributed by atoms with E-state index in [4.69, 9.17) is 4.98 Å². The number of halogens is 2. The van der Waals surface area contributed by atoms with Gasteiger partial charge in [-0.05, 0) is 67.3 Å². The van der Waals surface area contributed by atoms with Crippen LogP contribution in [-0.4, -0.2) is 28.4 Å².